The van der Waals surface area contributed by atoms with E-state index in [4.69, 9.17) is 5.26 Å². The maximum absolute atomic E-state index is 13.7. The smallest absolute Gasteiger partial charge is 0.243 e. The maximum Gasteiger partial charge on any atom is 0.243 e. The average Bonchev–Trinajstić information content (AvgIpc) is 2.46. The van der Waals surface area contributed by atoms with Crippen molar-refractivity contribution >= 4 is 10.0 Å². The van der Waals surface area contributed by atoms with Crippen molar-refractivity contribution in [3.63, 3.8) is 0 Å². The van der Waals surface area contributed by atoms with Gasteiger partial charge < -0.3 is 5.32 Å². The second kappa shape index (κ2) is 6.31. The third-order valence-electron chi connectivity index (χ3n) is 3.31. The standard InChI is InChI=1S/C13H16FN3O2S/c14-12-6-10(7-15)3-4-13(12)20(18,19)17-9-11-2-1-5-16-8-11/h3-4,6,11,16-17H,1-2,5,8-9H2/t11-/m0/s1. The van der Waals surface area contributed by atoms with Gasteiger partial charge in [-0.15, -0.1) is 0 Å². The predicted molar refractivity (Wildman–Crippen MR) is 71.9 cm³/mol. The molecule has 2 rings (SSSR count). The Bertz CT molecular complexity index is 619. The van der Waals surface area contributed by atoms with E-state index < -0.39 is 20.7 Å². The average molecular weight is 297 g/mol. The Balaban J connectivity index is 2.08. The number of sulfonamides is 1. The van der Waals surface area contributed by atoms with E-state index in [0.717, 1.165) is 38.1 Å². The molecule has 1 aliphatic heterocycles. The number of benzene rings is 1. The molecule has 2 N–H and O–H groups in total. The molecule has 0 aromatic heterocycles. The molecular formula is C13H16FN3O2S. The van der Waals surface area contributed by atoms with Gasteiger partial charge in [0.15, 0.2) is 0 Å². The third-order valence-corrected chi connectivity index (χ3v) is 4.77. The van der Waals surface area contributed by atoms with Crippen LogP contribution in [0, 0.1) is 23.1 Å². The van der Waals surface area contributed by atoms with Gasteiger partial charge >= 0.3 is 0 Å². The lowest BCUT2D eigenvalue weighted by Crippen LogP contribution is -2.38. The summed E-state index contributed by atoms with van der Waals surface area (Å²) in [6, 6.07) is 5.11. The van der Waals surface area contributed by atoms with Gasteiger partial charge in [-0.2, -0.15) is 5.26 Å². The fraction of sp³-hybridized carbons (Fsp3) is 0.462. The molecule has 1 aromatic carbocycles. The Kier molecular flexibility index (Phi) is 4.70. The van der Waals surface area contributed by atoms with Gasteiger partial charge in [-0.1, -0.05) is 0 Å². The monoisotopic (exact) mass is 297 g/mol. The normalized spacial score (nSPS) is 19.5. The molecule has 0 saturated carbocycles. The maximum atomic E-state index is 13.7. The van der Waals surface area contributed by atoms with Gasteiger partial charge in [-0.05, 0) is 50.0 Å². The number of hydrogen-bond donors (Lipinski definition) is 2. The van der Waals surface area contributed by atoms with Gasteiger partial charge in [0, 0.05) is 6.54 Å². The highest BCUT2D eigenvalue weighted by Gasteiger charge is 2.21. The molecule has 1 aromatic rings. The van der Waals surface area contributed by atoms with Crippen molar-refractivity contribution in [2.24, 2.45) is 5.92 Å². The van der Waals surface area contributed by atoms with Crippen LogP contribution in [0.5, 0.6) is 0 Å². The first kappa shape index (κ1) is 14.9. The zero-order valence-corrected chi connectivity index (χ0v) is 11.7. The topological polar surface area (TPSA) is 82.0 Å². The molecule has 7 heteroatoms. The number of piperidine rings is 1. The summed E-state index contributed by atoms with van der Waals surface area (Å²) in [6.45, 7) is 2.00. The minimum Gasteiger partial charge on any atom is -0.316 e. The van der Waals surface area contributed by atoms with E-state index in [1.807, 2.05) is 0 Å². The minimum atomic E-state index is -3.88. The molecule has 1 saturated heterocycles. The number of halogens is 1. The molecule has 0 spiro atoms. The summed E-state index contributed by atoms with van der Waals surface area (Å²) in [6.07, 6.45) is 1.96. The van der Waals surface area contributed by atoms with E-state index in [2.05, 4.69) is 10.0 Å². The molecule has 0 aliphatic carbocycles. The van der Waals surface area contributed by atoms with Gasteiger partial charge in [-0.3, -0.25) is 0 Å². The molecule has 1 heterocycles. The van der Waals surface area contributed by atoms with Crippen LogP contribution in [0.2, 0.25) is 0 Å². The largest absolute Gasteiger partial charge is 0.316 e. The Hall–Kier alpha value is -1.49. The molecule has 108 valence electrons. The van der Waals surface area contributed by atoms with E-state index in [-0.39, 0.29) is 18.0 Å². The predicted octanol–water partition coefficient (Wildman–Crippen LogP) is 0.975. The number of rotatable bonds is 4. The van der Waals surface area contributed by atoms with E-state index >= 15 is 0 Å². The Labute approximate surface area is 117 Å². The summed E-state index contributed by atoms with van der Waals surface area (Å²) in [5.41, 5.74) is 0.0953. The van der Waals surface area contributed by atoms with E-state index in [1.54, 1.807) is 6.07 Å². The fourth-order valence-electron chi connectivity index (χ4n) is 2.19. The van der Waals surface area contributed by atoms with Crippen LogP contribution in [-0.4, -0.2) is 28.1 Å². The molecule has 0 amide bonds. The first-order valence-corrected chi connectivity index (χ1v) is 7.91. The highest BCUT2D eigenvalue weighted by Crippen LogP contribution is 2.16. The molecular weight excluding hydrogens is 281 g/mol. The van der Waals surface area contributed by atoms with Crippen molar-refractivity contribution in [3.05, 3.63) is 29.6 Å². The zero-order chi connectivity index (χ0) is 14.6. The van der Waals surface area contributed by atoms with Crippen LogP contribution in [0.1, 0.15) is 18.4 Å². The van der Waals surface area contributed by atoms with Crippen LogP contribution >= 0.6 is 0 Å². The quantitative estimate of drug-likeness (QED) is 0.868. The van der Waals surface area contributed by atoms with Crippen LogP contribution in [0.15, 0.2) is 23.1 Å². The van der Waals surface area contributed by atoms with E-state index in [0.29, 0.717) is 0 Å². The van der Waals surface area contributed by atoms with Crippen LogP contribution in [0.3, 0.4) is 0 Å². The lowest BCUT2D eigenvalue weighted by molar-refractivity contribution is 0.375. The molecule has 1 fully saturated rings. The SMILES string of the molecule is N#Cc1ccc(S(=O)(=O)NC[C@H]2CCCNC2)c(F)c1. The molecule has 1 aliphatic rings. The highest BCUT2D eigenvalue weighted by molar-refractivity contribution is 7.89. The molecule has 0 radical (unpaired) electrons. The summed E-state index contributed by atoms with van der Waals surface area (Å²) in [5, 5.41) is 11.8. The molecule has 1 atom stereocenters. The van der Waals surface area contributed by atoms with Crippen LogP contribution in [-0.2, 0) is 10.0 Å². The molecule has 20 heavy (non-hydrogen) atoms. The number of nitrogens with one attached hydrogen (secondary N) is 2. The van der Waals surface area contributed by atoms with Crippen LogP contribution in [0.25, 0.3) is 0 Å². The van der Waals surface area contributed by atoms with Crippen molar-refractivity contribution < 1.29 is 12.8 Å². The lowest BCUT2D eigenvalue weighted by atomic mass is 10.0. The van der Waals surface area contributed by atoms with Gasteiger partial charge in [0.1, 0.15) is 10.7 Å². The van der Waals surface area contributed by atoms with Crippen molar-refractivity contribution in [2.45, 2.75) is 17.7 Å². The molecule has 0 bridgehead atoms. The van der Waals surface area contributed by atoms with Gasteiger partial charge in [0.2, 0.25) is 10.0 Å². The van der Waals surface area contributed by atoms with Gasteiger partial charge in [-0.25, -0.2) is 17.5 Å². The Morgan fingerprint density at radius 1 is 1.50 bits per heavy atom. The van der Waals surface area contributed by atoms with Crippen LogP contribution in [0.4, 0.5) is 4.39 Å². The third kappa shape index (κ3) is 3.54. The molecule has 0 unspecified atom stereocenters. The second-order valence-corrected chi connectivity index (χ2v) is 6.56. The van der Waals surface area contributed by atoms with E-state index in [9.17, 15) is 12.8 Å². The second-order valence-electron chi connectivity index (χ2n) is 4.82. The van der Waals surface area contributed by atoms with Crippen molar-refractivity contribution in [2.75, 3.05) is 19.6 Å². The molecule has 5 nitrogen and oxygen atoms in total. The summed E-state index contributed by atoms with van der Waals surface area (Å²) in [7, 11) is -3.88. The number of nitrogens with zero attached hydrogens (tertiary/aromatic N) is 1. The van der Waals surface area contributed by atoms with Gasteiger partial charge in [0.25, 0.3) is 0 Å². The minimum absolute atomic E-state index is 0.0953. The lowest BCUT2D eigenvalue weighted by Gasteiger charge is -2.22. The zero-order valence-electron chi connectivity index (χ0n) is 10.9. The fourth-order valence-corrected chi connectivity index (χ4v) is 3.37. The summed E-state index contributed by atoms with van der Waals surface area (Å²) >= 11 is 0. The summed E-state index contributed by atoms with van der Waals surface area (Å²) in [4.78, 5) is -0.416. The Morgan fingerprint density at radius 2 is 2.30 bits per heavy atom. The van der Waals surface area contributed by atoms with E-state index in [1.165, 1.54) is 6.07 Å². The first-order valence-electron chi connectivity index (χ1n) is 6.43. The first-order chi connectivity index (χ1) is 9.53. The van der Waals surface area contributed by atoms with Crippen molar-refractivity contribution in [1.82, 2.24) is 10.0 Å². The van der Waals surface area contributed by atoms with Gasteiger partial charge in [0.05, 0.1) is 11.6 Å². The van der Waals surface area contributed by atoms with Crippen molar-refractivity contribution in [3.8, 4) is 6.07 Å². The Morgan fingerprint density at radius 3 is 2.90 bits per heavy atom. The summed E-state index contributed by atoms with van der Waals surface area (Å²) < 4.78 is 40.2. The van der Waals surface area contributed by atoms with Crippen molar-refractivity contribution in [1.29, 1.82) is 5.26 Å². The number of hydrogen-bond acceptors (Lipinski definition) is 4. The summed E-state index contributed by atoms with van der Waals surface area (Å²) in [5.74, 6) is -0.682. The van der Waals surface area contributed by atoms with Crippen LogP contribution < -0.4 is 10.0 Å². The highest BCUT2D eigenvalue weighted by atomic mass is 32.2. The number of nitriles is 1.